The van der Waals surface area contributed by atoms with Crippen LogP contribution in [0.4, 0.5) is 4.39 Å². The highest BCUT2D eigenvalue weighted by atomic mass is 35.5. The Kier molecular flexibility index (Phi) is 8.40. The van der Waals surface area contributed by atoms with Crippen molar-refractivity contribution in [3.63, 3.8) is 0 Å². The van der Waals surface area contributed by atoms with Gasteiger partial charge >= 0.3 is 5.97 Å². The number of hydrogen-bond donors (Lipinski definition) is 0. The molecule has 0 saturated carbocycles. The van der Waals surface area contributed by atoms with E-state index in [9.17, 15) is 14.0 Å². The molecule has 4 rings (SSSR count). The summed E-state index contributed by atoms with van der Waals surface area (Å²) in [6.07, 6.45) is 1.70. The van der Waals surface area contributed by atoms with Crippen molar-refractivity contribution in [2.45, 2.75) is 19.6 Å². The molecule has 1 fully saturated rings. The van der Waals surface area contributed by atoms with Crippen molar-refractivity contribution in [2.24, 2.45) is 0 Å². The van der Waals surface area contributed by atoms with E-state index in [1.807, 2.05) is 6.07 Å². The van der Waals surface area contributed by atoms with E-state index < -0.39 is 17.8 Å². The third kappa shape index (κ3) is 5.78. The first-order valence-corrected chi connectivity index (χ1v) is 12.6. The second-order valence-corrected chi connectivity index (χ2v) is 9.76. The Morgan fingerprint density at radius 3 is 2.50 bits per heavy atom. The van der Waals surface area contributed by atoms with Gasteiger partial charge in [-0.15, -0.1) is 0 Å². The lowest BCUT2D eigenvalue weighted by molar-refractivity contribution is -0.151. The summed E-state index contributed by atoms with van der Waals surface area (Å²) in [5.74, 6) is -0.831. The molecule has 1 heterocycles. The molecule has 0 spiro atoms. The van der Waals surface area contributed by atoms with E-state index in [2.05, 4.69) is 0 Å². The quantitative estimate of drug-likeness (QED) is 0.183. The van der Waals surface area contributed by atoms with Crippen LogP contribution in [0.5, 0.6) is 5.75 Å². The molecule has 3 aromatic carbocycles. The minimum absolute atomic E-state index is 0.0156. The summed E-state index contributed by atoms with van der Waals surface area (Å²) in [6.45, 7) is 1.88. The minimum Gasteiger partial charge on any atom is -0.489 e. The highest BCUT2D eigenvalue weighted by molar-refractivity contribution is 8.26. The molecule has 36 heavy (non-hydrogen) atoms. The fourth-order valence-corrected chi connectivity index (χ4v) is 5.12. The molecule has 0 radical (unpaired) electrons. The summed E-state index contributed by atoms with van der Waals surface area (Å²) in [5, 5.41) is 0.297. The predicted octanol–water partition coefficient (Wildman–Crippen LogP) is 6.56. The number of halogens is 2. The van der Waals surface area contributed by atoms with Gasteiger partial charge < -0.3 is 9.47 Å². The SMILES string of the molecule is CCOC(=O)C(c1ccccc1)N1C(=O)/C(=C\c2ccc(OCc3c(F)cccc3Cl)cc2)SC1=S. The average molecular weight is 542 g/mol. The van der Waals surface area contributed by atoms with E-state index in [0.717, 1.165) is 17.3 Å². The van der Waals surface area contributed by atoms with Gasteiger partial charge in [0.2, 0.25) is 0 Å². The van der Waals surface area contributed by atoms with E-state index in [4.69, 9.17) is 33.3 Å². The smallest absolute Gasteiger partial charge is 0.333 e. The molecule has 1 saturated heterocycles. The molecule has 3 aromatic rings. The maximum Gasteiger partial charge on any atom is 0.333 e. The van der Waals surface area contributed by atoms with Crippen molar-refractivity contribution in [2.75, 3.05) is 6.61 Å². The normalized spacial score (nSPS) is 15.3. The molecule has 0 N–H and O–H groups in total. The maximum absolute atomic E-state index is 14.0. The molecule has 1 aliphatic rings. The van der Waals surface area contributed by atoms with E-state index in [1.54, 1.807) is 67.6 Å². The second-order valence-electron chi connectivity index (χ2n) is 7.67. The van der Waals surface area contributed by atoms with Crippen LogP contribution in [-0.4, -0.2) is 27.7 Å². The molecule has 1 amide bonds. The molecule has 1 aliphatic heterocycles. The Labute approximate surface area is 222 Å². The van der Waals surface area contributed by atoms with Crippen LogP contribution in [0.3, 0.4) is 0 Å². The third-order valence-electron chi connectivity index (χ3n) is 5.33. The molecule has 184 valence electrons. The lowest BCUT2D eigenvalue weighted by atomic mass is 10.1. The van der Waals surface area contributed by atoms with E-state index in [-0.39, 0.29) is 29.0 Å². The topological polar surface area (TPSA) is 55.8 Å². The summed E-state index contributed by atoms with van der Waals surface area (Å²) in [7, 11) is 0. The molecule has 5 nitrogen and oxygen atoms in total. The van der Waals surface area contributed by atoms with Crippen LogP contribution < -0.4 is 4.74 Å². The highest BCUT2D eigenvalue weighted by Crippen LogP contribution is 2.39. The molecule has 0 aromatic heterocycles. The molecule has 0 aliphatic carbocycles. The Morgan fingerprint density at radius 1 is 1.11 bits per heavy atom. The summed E-state index contributed by atoms with van der Waals surface area (Å²) in [4.78, 5) is 27.8. The number of thioether (sulfide) groups is 1. The van der Waals surface area contributed by atoms with Crippen molar-refractivity contribution in [3.8, 4) is 5.75 Å². The van der Waals surface area contributed by atoms with Crippen molar-refractivity contribution in [3.05, 3.63) is 105 Å². The first-order valence-electron chi connectivity index (χ1n) is 11.0. The Bertz CT molecular complexity index is 1290. The number of nitrogens with zero attached hydrogens (tertiary/aromatic N) is 1. The molecule has 0 bridgehead atoms. The zero-order valence-corrected chi connectivity index (χ0v) is 21.5. The van der Waals surface area contributed by atoms with Gasteiger partial charge in [-0.25, -0.2) is 9.18 Å². The molecular formula is C27H21ClFNO4S2. The largest absolute Gasteiger partial charge is 0.489 e. The van der Waals surface area contributed by atoms with Gasteiger partial charge in [0, 0.05) is 5.56 Å². The van der Waals surface area contributed by atoms with Gasteiger partial charge in [-0.2, -0.15) is 0 Å². The van der Waals surface area contributed by atoms with Crippen LogP contribution >= 0.6 is 35.6 Å². The van der Waals surface area contributed by atoms with Gasteiger partial charge in [-0.3, -0.25) is 9.69 Å². The standard InChI is InChI=1S/C27H21ClFNO4S2/c1-2-33-26(32)24(18-7-4-3-5-8-18)30-25(31)23(36-27(30)35)15-17-11-13-19(14-12-17)34-16-20-21(28)9-6-10-22(20)29/h3-15,24H,2,16H2,1H3/b23-15+. The first kappa shape index (κ1) is 25.9. The average Bonchev–Trinajstić information content (AvgIpc) is 3.13. The van der Waals surface area contributed by atoms with Crippen LogP contribution in [0.15, 0.2) is 77.7 Å². The van der Waals surface area contributed by atoms with Crippen LogP contribution in [0, 0.1) is 5.82 Å². The number of carbonyl (C=O) groups is 2. The summed E-state index contributed by atoms with van der Waals surface area (Å²) in [5.41, 5.74) is 1.63. The second kappa shape index (κ2) is 11.7. The Balaban J connectivity index is 1.51. The van der Waals surface area contributed by atoms with Gasteiger partial charge in [0.15, 0.2) is 6.04 Å². The summed E-state index contributed by atoms with van der Waals surface area (Å²) < 4.78 is 25.1. The number of esters is 1. The maximum atomic E-state index is 14.0. The summed E-state index contributed by atoms with van der Waals surface area (Å²) in [6, 6.07) is 19.4. The molecule has 1 atom stereocenters. The van der Waals surface area contributed by atoms with Crippen molar-refractivity contribution < 1.29 is 23.5 Å². The van der Waals surface area contributed by atoms with Gasteiger partial charge in [0.05, 0.1) is 16.5 Å². The van der Waals surface area contributed by atoms with Crippen molar-refractivity contribution in [1.29, 1.82) is 0 Å². The number of rotatable bonds is 8. The number of amides is 1. The lowest BCUT2D eigenvalue weighted by Crippen LogP contribution is -2.38. The van der Waals surface area contributed by atoms with Crippen LogP contribution in [0.1, 0.15) is 29.7 Å². The zero-order chi connectivity index (χ0) is 25.7. The predicted molar refractivity (Wildman–Crippen MR) is 143 cm³/mol. The fraction of sp³-hybridized carbons (Fsp3) is 0.148. The number of thiocarbonyl (C=S) groups is 1. The first-order chi connectivity index (χ1) is 17.4. The Hall–Kier alpha value is -3.20. The fourth-order valence-electron chi connectivity index (χ4n) is 3.59. The van der Waals surface area contributed by atoms with E-state index in [1.165, 1.54) is 17.0 Å². The number of benzene rings is 3. The number of ether oxygens (including phenoxy) is 2. The molecule has 9 heteroatoms. The van der Waals surface area contributed by atoms with Gasteiger partial charge in [0.25, 0.3) is 5.91 Å². The number of carbonyl (C=O) groups excluding carboxylic acids is 2. The van der Waals surface area contributed by atoms with E-state index >= 15 is 0 Å². The van der Waals surface area contributed by atoms with Crippen LogP contribution in [0.2, 0.25) is 5.02 Å². The van der Waals surface area contributed by atoms with Crippen LogP contribution in [-0.2, 0) is 20.9 Å². The van der Waals surface area contributed by atoms with E-state index in [0.29, 0.717) is 21.2 Å². The number of hydrogen-bond acceptors (Lipinski definition) is 6. The van der Waals surface area contributed by atoms with Gasteiger partial charge in [0.1, 0.15) is 22.5 Å². The third-order valence-corrected chi connectivity index (χ3v) is 7.01. The van der Waals surface area contributed by atoms with Gasteiger partial charge in [-0.05, 0) is 48.4 Å². The minimum atomic E-state index is -0.967. The van der Waals surface area contributed by atoms with Gasteiger partial charge in [-0.1, -0.05) is 84.1 Å². The van der Waals surface area contributed by atoms with Crippen molar-refractivity contribution >= 4 is 57.9 Å². The molecular weight excluding hydrogens is 521 g/mol. The van der Waals surface area contributed by atoms with Crippen molar-refractivity contribution in [1.82, 2.24) is 4.90 Å². The zero-order valence-electron chi connectivity index (χ0n) is 19.1. The Morgan fingerprint density at radius 2 is 1.83 bits per heavy atom. The monoisotopic (exact) mass is 541 g/mol. The highest BCUT2D eigenvalue weighted by Gasteiger charge is 2.42. The summed E-state index contributed by atoms with van der Waals surface area (Å²) >= 11 is 12.6. The van der Waals surface area contributed by atoms with Crippen LogP contribution in [0.25, 0.3) is 6.08 Å². The lowest BCUT2D eigenvalue weighted by Gasteiger charge is -2.25. The molecule has 1 unspecified atom stereocenters.